The van der Waals surface area contributed by atoms with Crippen LogP contribution in [0.5, 0.6) is 0 Å². The fraction of sp³-hybridized carbons (Fsp3) is 0.167. The molecule has 8 nitrogen and oxygen atoms in total. The van der Waals surface area contributed by atoms with Crippen LogP contribution in [-0.2, 0) is 17.8 Å². The van der Waals surface area contributed by atoms with E-state index in [1.54, 1.807) is 12.1 Å². The van der Waals surface area contributed by atoms with E-state index >= 15 is 0 Å². The number of aryl methyl sites for hydroxylation is 1. The maximum Gasteiger partial charge on any atom is 0.338 e. The fourth-order valence-electron chi connectivity index (χ4n) is 2.24. The average Bonchev–Trinajstić information content (AvgIpc) is 3.15. The number of hydrogen-bond donors (Lipinski definition) is 0. The third kappa shape index (κ3) is 3.92. The third-order valence-electron chi connectivity index (χ3n) is 3.72. The molecular weight excluding hydrogens is 338 g/mol. The highest BCUT2D eigenvalue weighted by Gasteiger charge is 2.13. The summed E-state index contributed by atoms with van der Waals surface area (Å²) in [4.78, 5) is 22.2. The zero-order chi connectivity index (χ0) is 18.5. The number of hydrogen-bond acceptors (Lipinski definition) is 7. The Hall–Kier alpha value is -3.55. The highest BCUT2D eigenvalue weighted by atomic mass is 16.6. The first-order valence-corrected chi connectivity index (χ1v) is 7.90. The third-order valence-corrected chi connectivity index (χ3v) is 3.72. The second kappa shape index (κ2) is 7.56. The molecule has 2 aromatic carbocycles. The molecule has 0 N–H and O–H groups in total. The molecular formula is C18H15N3O5. The minimum absolute atomic E-state index is 0.0310. The normalized spacial score (nSPS) is 10.5. The summed E-state index contributed by atoms with van der Waals surface area (Å²) in [5.41, 5.74) is 2.08. The van der Waals surface area contributed by atoms with Gasteiger partial charge in [-0.15, -0.1) is 10.2 Å². The van der Waals surface area contributed by atoms with Crippen molar-refractivity contribution in [3.63, 3.8) is 0 Å². The van der Waals surface area contributed by atoms with Crippen LogP contribution in [0.2, 0.25) is 0 Å². The number of nitro groups is 1. The SMILES string of the molecule is CCc1ccc(C(=O)OCc2nnc(-c3ccc([N+](=O)[O-])cc3)o2)cc1. The number of rotatable bonds is 6. The van der Waals surface area contributed by atoms with Crippen LogP contribution in [0.15, 0.2) is 52.9 Å². The van der Waals surface area contributed by atoms with E-state index in [0.29, 0.717) is 11.1 Å². The molecule has 3 rings (SSSR count). The van der Waals surface area contributed by atoms with Gasteiger partial charge in [-0.3, -0.25) is 10.1 Å². The van der Waals surface area contributed by atoms with E-state index in [2.05, 4.69) is 10.2 Å². The maximum atomic E-state index is 12.0. The molecule has 132 valence electrons. The maximum absolute atomic E-state index is 12.0. The van der Waals surface area contributed by atoms with Crippen LogP contribution in [0.1, 0.15) is 28.7 Å². The Morgan fingerprint density at radius 1 is 1.12 bits per heavy atom. The van der Waals surface area contributed by atoms with Gasteiger partial charge in [0.15, 0.2) is 6.61 Å². The van der Waals surface area contributed by atoms with Crippen LogP contribution in [-0.4, -0.2) is 21.1 Å². The van der Waals surface area contributed by atoms with E-state index in [9.17, 15) is 14.9 Å². The van der Waals surface area contributed by atoms with Crippen molar-refractivity contribution in [2.75, 3.05) is 0 Å². The molecule has 0 fully saturated rings. The lowest BCUT2D eigenvalue weighted by Crippen LogP contribution is -2.05. The molecule has 8 heteroatoms. The van der Waals surface area contributed by atoms with Crippen molar-refractivity contribution >= 4 is 11.7 Å². The monoisotopic (exact) mass is 353 g/mol. The number of aromatic nitrogens is 2. The van der Waals surface area contributed by atoms with Crippen LogP contribution < -0.4 is 0 Å². The molecule has 26 heavy (non-hydrogen) atoms. The van der Waals surface area contributed by atoms with Crippen molar-refractivity contribution in [1.29, 1.82) is 0 Å². The fourth-order valence-corrected chi connectivity index (χ4v) is 2.24. The molecule has 0 saturated heterocycles. The molecule has 0 radical (unpaired) electrons. The molecule has 0 aliphatic heterocycles. The van der Waals surface area contributed by atoms with E-state index in [-0.39, 0.29) is 24.1 Å². The summed E-state index contributed by atoms with van der Waals surface area (Å²) in [6, 6.07) is 12.9. The van der Waals surface area contributed by atoms with E-state index in [0.717, 1.165) is 12.0 Å². The number of esters is 1. The van der Waals surface area contributed by atoms with Gasteiger partial charge in [0.25, 0.3) is 11.6 Å². The Morgan fingerprint density at radius 3 is 2.42 bits per heavy atom. The van der Waals surface area contributed by atoms with Crippen LogP contribution in [0.4, 0.5) is 5.69 Å². The van der Waals surface area contributed by atoms with Crippen molar-refractivity contribution in [1.82, 2.24) is 10.2 Å². The van der Waals surface area contributed by atoms with Gasteiger partial charge in [0, 0.05) is 17.7 Å². The summed E-state index contributed by atoms with van der Waals surface area (Å²) in [5.74, 6) is -0.155. The first-order chi connectivity index (χ1) is 12.6. The van der Waals surface area contributed by atoms with Gasteiger partial charge in [0.1, 0.15) is 0 Å². The summed E-state index contributed by atoms with van der Waals surface area (Å²) in [6.07, 6.45) is 0.892. The minimum atomic E-state index is -0.491. The van der Waals surface area contributed by atoms with Gasteiger partial charge < -0.3 is 9.15 Å². The van der Waals surface area contributed by atoms with Crippen LogP contribution in [0, 0.1) is 10.1 Å². The molecule has 0 bridgehead atoms. The first-order valence-electron chi connectivity index (χ1n) is 7.90. The molecule has 0 atom stereocenters. The predicted octanol–water partition coefficient (Wildman–Crippen LogP) is 3.56. The van der Waals surface area contributed by atoms with Crippen molar-refractivity contribution in [3.8, 4) is 11.5 Å². The lowest BCUT2D eigenvalue weighted by Gasteiger charge is -2.03. The van der Waals surface area contributed by atoms with Crippen LogP contribution >= 0.6 is 0 Å². The highest BCUT2D eigenvalue weighted by molar-refractivity contribution is 5.89. The summed E-state index contributed by atoms with van der Waals surface area (Å²) in [7, 11) is 0. The Bertz CT molecular complexity index is 917. The molecule has 0 saturated carbocycles. The number of non-ortho nitro benzene ring substituents is 1. The molecule has 0 unspecified atom stereocenters. The number of nitrogens with zero attached hydrogens (tertiary/aromatic N) is 3. The van der Waals surface area contributed by atoms with Gasteiger partial charge >= 0.3 is 5.97 Å². The highest BCUT2D eigenvalue weighted by Crippen LogP contribution is 2.21. The minimum Gasteiger partial charge on any atom is -0.452 e. The number of carbonyl (C=O) groups is 1. The molecule has 0 amide bonds. The van der Waals surface area contributed by atoms with Gasteiger partial charge in [-0.2, -0.15) is 0 Å². The van der Waals surface area contributed by atoms with Gasteiger partial charge in [0.2, 0.25) is 5.89 Å². The van der Waals surface area contributed by atoms with E-state index in [4.69, 9.17) is 9.15 Å². The zero-order valence-corrected chi connectivity index (χ0v) is 13.9. The topological polar surface area (TPSA) is 108 Å². The number of benzene rings is 2. The molecule has 0 aliphatic carbocycles. The predicted molar refractivity (Wildman–Crippen MR) is 91.3 cm³/mol. The first kappa shape index (κ1) is 17.3. The summed E-state index contributed by atoms with van der Waals surface area (Å²) >= 11 is 0. The Balaban J connectivity index is 1.62. The van der Waals surface area contributed by atoms with Crippen molar-refractivity contribution in [2.45, 2.75) is 20.0 Å². The number of ether oxygens (including phenoxy) is 1. The molecule has 1 aromatic heterocycles. The van der Waals surface area contributed by atoms with Crippen LogP contribution in [0.25, 0.3) is 11.5 Å². The second-order valence-electron chi connectivity index (χ2n) is 5.43. The second-order valence-corrected chi connectivity index (χ2v) is 5.43. The van der Waals surface area contributed by atoms with Gasteiger partial charge in [-0.1, -0.05) is 19.1 Å². The zero-order valence-electron chi connectivity index (χ0n) is 13.9. The quantitative estimate of drug-likeness (QED) is 0.378. The number of carbonyl (C=O) groups excluding carboxylic acids is 1. The lowest BCUT2D eigenvalue weighted by atomic mass is 10.1. The largest absolute Gasteiger partial charge is 0.452 e. The molecule has 0 spiro atoms. The Kier molecular flexibility index (Phi) is 5.02. The summed E-state index contributed by atoms with van der Waals surface area (Å²) in [6.45, 7) is 1.87. The van der Waals surface area contributed by atoms with Gasteiger partial charge in [0.05, 0.1) is 10.5 Å². The van der Waals surface area contributed by atoms with E-state index < -0.39 is 10.9 Å². The lowest BCUT2D eigenvalue weighted by molar-refractivity contribution is -0.384. The Labute approximate surface area is 148 Å². The smallest absolute Gasteiger partial charge is 0.338 e. The van der Waals surface area contributed by atoms with Gasteiger partial charge in [-0.05, 0) is 36.2 Å². The van der Waals surface area contributed by atoms with Crippen molar-refractivity contribution in [3.05, 3.63) is 75.7 Å². The number of nitro benzene ring substituents is 1. The molecule has 0 aliphatic rings. The molecule has 3 aromatic rings. The van der Waals surface area contributed by atoms with Crippen molar-refractivity contribution in [2.24, 2.45) is 0 Å². The van der Waals surface area contributed by atoms with E-state index in [1.807, 2.05) is 19.1 Å². The standard InChI is InChI=1S/C18H15N3O5/c1-2-12-3-5-14(6-4-12)18(22)25-11-16-19-20-17(26-16)13-7-9-15(10-8-13)21(23)24/h3-10H,2,11H2,1H3. The van der Waals surface area contributed by atoms with Crippen LogP contribution in [0.3, 0.4) is 0 Å². The Morgan fingerprint density at radius 2 is 1.81 bits per heavy atom. The summed E-state index contributed by atoms with van der Waals surface area (Å²) < 4.78 is 10.6. The van der Waals surface area contributed by atoms with Gasteiger partial charge in [-0.25, -0.2) is 4.79 Å². The summed E-state index contributed by atoms with van der Waals surface area (Å²) in [5, 5.41) is 18.3. The molecule has 1 heterocycles. The average molecular weight is 353 g/mol. The van der Waals surface area contributed by atoms with E-state index in [1.165, 1.54) is 24.3 Å². The van der Waals surface area contributed by atoms with Crippen molar-refractivity contribution < 1.29 is 18.9 Å².